The van der Waals surface area contributed by atoms with E-state index < -0.39 is 0 Å². The zero-order valence-electron chi connectivity index (χ0n) is 19.6. The van der Waals surface area contributed by atoms with E-state index in [1.165, 1.54) is 4.40 Å². The molecule has 0 aliphatic carbocycles. The zero-order chi connectivity index (χ0) is 24.7. The lowest BCUT2D eigenvalue weighted by Gasteiger charge is -2.16. The maximum absolute atomic E-state index is 13.6. The fourth-order valence-electron chi connectivity index (χ4n) is 5.94. The standard InChI is InChI=1S/C33H18N2O2/c36-32-25-11-3-1-9-23(25)27-17-21(18-28-24-10-2-4-12-26(24)33(37)35(32)31(27)28)22-13-5-7-19-14-15-20-8-6-16-34-30(20)29(19)22/h1-18H. The first-order valence-corrected chi connectivity index (χ1v) is 12.2. The van der Waals surface area contributed by atoms with E-state index in [9.17, 15) is 9.59 Å². The molecule has 4 heteroatoms. The van der Waals surface area contributed by atoms with Gasteiger partial charge >= 0.3 is 0 Å². The Labute approximate surface area is 210 Å². The van der Waals surface area contributed by atoms with Crippen molar-refractivity contribution in [2.24, 2.45) is 0 Å². The smallest absolute Gasteiger partial charge is 0.266 e. The Bertz CT molecular complexity index is 2250. The Balaban J connectivity index is 1.66. The highest BCUT2D eigenvalue weighted by molar-refractivity contribution is 6.21. The van der Waals surface area contributed by atoms with Crippen LogP contribution < -0.4 is 11.1 Å². The van der Waals surface area contributed by atoms with Gasteiger partial charge in [0.2, 0.25) is 0 Å². The molecule has 37 heavy (non-hydrogen) atoms. The van der Waals surface area contributed by atoms with Gasteiger partial charge in [0.1, 0.15) is 0 Å². The number of fused-ring (bicyclic) bond motifs is 7. The summed E-state index contributed by atoms with van der Waals surface area (Å²) in [5.41, 5.74) is 3.14. The zero-order valence-corrected chi connectivity index (χ0v) is 19.6. The van der Waals surface area contributed by atoms with E-state index in [1.54, 1.807) is 12.1 Å². The lowest BCUT2D eigenvalue weighted by atomic mass is 9.91. The number of pyridine rings is 3. The Morgan fingerprint density at radius 1 is 0.541 bits per heavy atom. The van der Waals surface area contributed by atoms with Gasteiger partial charge in [-0.15, -0.1) is 0 Å². The van der Waals surface area contributed by atoms with Gasteiger partial charge < -0.3 is 0 Å². The minimum absolute atomic E-state index is 0.281. The van der Waals surface area contributed by atoms with Gasteiger partial charge in [-0.2, -0.15) is 0 Å². The molecule has 0 fully saturated rings. The predicted octanol–water partition coefficient (Wildman–Crippen LogP) is 6.93. The molecule has 0 spiro atoms. The van der Waals surface area contributed by atoms with Crippen molar-refractivity contribution in [3.63, 3.8) is 0 Å². The van der Waals surface area contributed by atoms with Gasteiger partial charge in [0.05, 0.1) is 11.0 Å². The molecule has 0 aliphatic heterocycles. The van der Waals surface area contributed by atoms with Gasteiger partial charge in [-0.25, -0.2) is 4.40 Å². The highest BCUT2D eigenvalue weighted by Gasteiger charge is 2.19. The average Bonchev–Trinajstić information content (AvgIpc) is 2.96. The van der Waals surface area contributed by atoms with Crippen LogP contribution in [0.5, 0.6) is 0 Å². The van der Waals surface area contributed by atoms with Crippen LogP contribution in [0.1, 0.15) is 0 Å². The second-order valence-corrected chi connectivity index (χ2v) is 9.50. The molecule has 8 rings (SSSR count). The molecule has 0 bridgehead atoms. The summed E-state index contributed by atoms with van der Waals surface area (Å²) in [7, 11) is 0. The topological polar surface area (TPSA) is 51.4 Å². The molecule has 5 aromatic carbocycles. The van der Waals surface area contributed by atoms with E-state index in [4.69, 9.17) is 4.98 Å². The first kappa shape index (κ1) is 20.1. The Morgan fingerprint density at radius 2 is 1.14 bits per heavy atom. The first-order chi connectivity index (χ1) is 18.2. The summed E-state index contributed by atoms with van der Waals surface area (Å²) < 4.78 is 1.36. The fraction of sp³-hybridized carbons (Fsp3) is 0. The second kappa shape index (κ2) is 7.21. The maximum Gasteiger partial charge on any atom is 0.266 e. The molecule has 0 saturated carbocycles. The molecule has 0 unspecified atom stereocenters. The number of nitrogens with zero attached hydrogens (tertiary/aromatic N) is 2. The lowest BCUT2D eigenvalue weighted by Crippen LogP contribution is -2.27. The highest BCUT2D eigenvalue weighted by Crippen LogP contribution is 2.38. The van der Waals surface area contributed by atoms with Gasteiger partial charge in [-0.3, -0.25) is 14.6 Å². The van der Waals surface area contributed by atoms with Gasteiger partial charge in [-0.05, 0) is 57.6 Å². The van der Waals surface area contributed by atoms with Crippen LogP contribution in [0.25, 0.3) is 70.6 Å². The third-order valence-electron chi connectivity index (χ3n) is 7.56. The third kappa shape index (κ3) is 2.64. The predicted molar refractivity (Wildman–Crippen MR) is 152 cm³/mol. The number of rotatable bonds is 1. The van der Waals surface area contributed by atoms with Gasteiger partial charge in [-0.1, -0.05) is 72.8 Å². The lowest BCUT2D eigenvalue weighted by molar-refractivity contribution is 1.09. The van der Waals surface area contributed by atoms with E-state index in [0.29, 0.717) is 16.3 Å². The number of hydrogen-bond acceptors (Lipinski definition) is 3. The van der Waals surface area contributed by atoms with Crippen LogP contribution in [0.3, 0.4) is 0 Å². The first-order valence-electron chi connectivity index (χ1n) is 12.2. The van der Waals surface area contributed by atoms with E-state index in [2.05, 4.69) is 48.5 Å². The molecular weight excluding hydrogens is 456 g/mol. The molecule has 0 N–H and O–H groups in total. The van der Waals surface area contributed by atoms with Gasteiger partial charge in [0.25, 0.3) is 11.1 Å². The SMILES string of the molecule is O=c1c2ccccc2c2cc(-c3cccc4ccc5cccnc5c34)cc3c4ccccc4c(=O)n1c23. The average molecular weight is 475 g/mol. The molecule has 0 radical (unpaired) electrons. The van der Waals surface area contributed by atoms with Crippen molar-refractivity contribution in [1.29, 1.82) is 0 Å². The van der Waals surface area contributed by atoms with Crippen molar-refractivity contribution < 1.29 is 0 Å². The second-order valence-electron chi connectivity index (χ2n) is 9.50. The van der Waals surface area contributed by atoms with Crippen molar-refractivity contribution in [2.75, 3.05) is 0 Å². The molecule has 3 heterocycles. The van der Waals surface area contributed by atoms with Crippen molar-refractivity contribution in [2.45, 2.75) is 0 Å². The molecule has 0 saturated heterocycles. The summed E-state index contributed by atoms with van der Waals surface area (Å²) in [6, 6.07) is 33.9. The van der Waals surface area contributed by atoms with Crippen LogP contribution in [-0.4, -0.2) is 9.38 Å². The van der Waals surface area contributed by atoms with Crippen molar-refractivity contribution >= 4 is 59.5 Å². The van der Waals surface area contributed by atoms with Crippen LogP contribution in [0.15, 0.2) is 119 Å². The molecule has 3 aromatic heterocycles. The third-order valence-corrected chi connectivity index (χ3v) is 7.56. The molecule has 4 nitrogen and oxygen atoms in total. The van der Waals surface area contributed by atoms with Gasteiger partial charge in [0, 0.05) is 38.5 Å². The quantitative estimate of drug-likeness (QED) is 0.192. The highest BCUT2D eigenvalue weighted by atomic mass is 16.2. The fourth-order valence-corrected chi connectivity index (χ4v) is 5.94. The van der Waals surface area contributed by atoms with Crippen LogP contribution in [0.4, 0.5) is 0 Å². The minimum Gasteiger partial charge on any atom is -0.268 e. The summed E-state index contributed by atoms with van der Waals surface area (Å²) in [5.74, 6) is 0. The summed E-state index contributed by atoms with van der Waals surface area (Å²) in [4.78, 5) is 31.9. The molecule has 0 atom stereocenters. The molecule has 8 aromatic rings. The summed E-state index contributed by atoms with van der Waals surface area (Å²) >= 11 is 0. The summed E-state index contributed by atoms with van der Waals surface area (Å²) in [6.45, 7) is 0. The Morgan fingerprint density at radius 3 is 1.81 bits per heavy atom. The van der Waals surface area contributed by atoms with Crippen LogP contribution >= 0.6 is 0 Å². The van der Waals surface area contributed by atoms with Crippen LogP contribution in [0, 0.1) is 0 Å². The van der Waals surface area contributed by atoms with Crippen LogP contribution in [0.2, 0.25) is 0 Å². The largest absolute Gasteiger partial charge is 0.268 e. The van der Waals surface area contributed by atoms with Gasteiger partial charge in [0.15, 0.2) is 0 Å². The summed E-state index contributed by atoms with van der Waals surface area (Å²) in [6.07, 6.45) is 1.83. The molecule has 172 valence electrons. The van der Waals surface area contributed by atoms with E-state index in [-0.39, 0.29) is 11.1 Å². The Hall–Kier alpha value is -5.09. The minimum atomic E-state index is -0.281. The van der Waals surface area contributed by atoms with Crippen LogP contribution in [-0.2, 0) is 0 Å². The van der Waals surface area contributed by atoms with Crippen molar-refractivity contribution in [3.05, 3.63) is 130 Å². The number of hydrogen-bond donors (Lipinski definition) is 0. The van der Waals surface area contributed by atoms with E-state index in [1.807, 2.05) is 48.7 Å². The Kier molecular flexibility index (Phi) is 3.93. The van der Waals surface area contributed by atoms with E-state index >= 15 is 0 Å². The maximum atomic E-state index is 13.6. The normalized spacial score (nSPS) is 12.0. The number of aromatic nitrogens is 2. The molecular formula is C33H18N2O2. The van der Waals surface area contributed by atoms with E-state index in [0.717, 1.165) is 54.3 Å². The molecule has 0 aliphatic rings. The summed E-state index contributed by atoms with van der Waals surface area (Å²) in [5, 5.41) is 7.82. The molecule has 0 amide bonds. The van der Waals surface area contributed by atoms with Crippen molar-refractivity contribution in [1.82, 2.24) is 9.38 Å². The monoisotopic (exact) mass is 474 g/mol. The number of benzene rings is 5. The van der Waals surface area contributed by atoms with Crippen molar-refractivity contribution in [3.8, 4) is 11.1 Å².